The van der Waals surface area contributed by atoms with Crippen LogP contribution in [0.4, 0.5) is 0 Å². The van der Waals surface area contributed by atoms with Gasteiger partial charge in [0.2, 0.25) is 0 Å². The zero-order valence-electron chi connectivity index (χ0n) is 10.7. The molecule has 1 rings (SSSR count). The lowest BCUT2D eigenvalue weighted by Crippen LogP contribution is -2.26. The van der Waals surface area contributed by atoms with Gasteiger partial charge in [-0.3, -0.25) is 0 Å². The first kappa shape index (κ1) is 15.5. The Bertz CT molecular complexity index is 441. The highest BCUT2D eigenvalue weighted by atomic mass is 35.5. The number of aliphatic hydroxyl groups is 1. The van der Waals surface area contributed by atoms with Crippen LogP contribution in [-0.4, -0.2) is 28.4 Å². The van der Waals surface area contributed by atoms with Crippen molar-refractivity contribution in [2.45, 2.75) is 32.0 Å². The molecule has 2 atom stereocenters. The van der Waals surface area contributed by atoms with Crippen LogP contribution in [-0.2, 0) is 4.79 Å². The zero-order chi connectivity index (χ0) is 14.4. The molecule has 0 bridgehead atoms. The molecule has 1 aromatic carbocycles. The van der Waals surface area contributed by atoms with E-state index in [2.05, 4.69) is 6.58 Å². The number of carbonyl (C=O) groups is 1. The highest BCUT2D eigenvalue weighted by molar-refractivity contribution is 6.30. The van der Waals surface area contributed by atoms with E-state index < -0.39 is 12.1 Å². The summed E-state index contributed by atoms with van der Waals surface area (Å²) in [4.78, 5) is 10.7. The fourth-order valence-corrected chi connectivity index (χ4v) is 1.66. The Kier molecular flexibility index (Phi) is 5.86. The molecule has 19 heavy (non-hydrogen) atoms. The second-order valence-corrected chi connectivity index (χ2v) is 4.62. The van der Waals surface area contributed by atoms with E-state index in [0.717, 1.165) is 0 Å². The molecule has 2 N–H and O–H groups in total. The maximum absolute atomic E-state index is 10.7. The number of halogens is 1. The van der Waals surface area contributed by atoms with E-state index in [1.807, 2.05) is 6.92 Å². The van der Waals surface area contributed by atoms with Crippen molar-refractivity contribution in [2.24, 2.45) is 0 Å². The largest absolute Gasteiger partial charge is 0.490 e. The van der Waals surface area contributed by atoms with Crippen molar-refractivity contribution >= 4 is 17.6 Å². The summed E-state index contributed by atoms with van der Waals surface area (Å²) in [6.45, 7) is 5.24. The van der Waals surface area contributed by atoms with Crippen molar-refractivity contribution in [1.29, 1.82) is 0 Å². The van der Waals surface area contributed by atoms with E-state index in [1.165, 1.54) is 0 Å². The van der Waals surface area contributed by atoms with E-state index in [0.29, 0.717) is 17.2 Å². The molecule has 0 spiro atoms. The summed E-state index contributed by atoms with van der Waals surface area (Å²) in [5, 5.41) is 19.1. The lowest BCUT2D eigenvalue weighted by atomic mass is 10.0. The number of hydrogen-bond acceptors (Lipinski definition) is 3. The van der Waals surface area contributed by atoms with Crippen molar-refractivity contribution in [3.05, 3.63) is 41.4 Å². The van der Waals surface area contributed by atoms with Gasteiger partial charge in [0.15, 0.2) is 0 Å². The standard InChI is InChI=1S/C14H17ClO4/c1-3-11(8-13(16)9(2)14(17)18)19-12-6-4-10(15)5-7-12/h4-7,11,13,16H,2-3,8H2,1H3,(H,17,18). The van der Waals surface area contributed by atoms with Gasteiger partial charge in [0.1, 0.15) is 11.9 Å². The summed E-state index contributed by atoms with van der Waals surface area (Å²) in [7, 11) is 0. The highest BCUT2D eigenvalue weighted by Crippen LogP contribution is 2.20. The monoisotopic (exact) mass is 284 g/mol. The maximum atomic E-state index is 10.7. The average molecular weight is 285 g/mol. The molecule has 0 fully saturated rings. The van der Waals surface area contributed by atoms with Crippen molar-refractivity contribution in [2.75, 3.05) is 0 Å². The number of ether oxygens (including phenoxy) is 1. The van der Waals surface area contributed by atoms with Crippen molar-refractivity contribution in [3.63, 3.8) is 0 Å². The van der Waals surface area contributed by atoms with Crippen LogP contribution in [0, 0.1) is 0 Å². The van der Waals surface area contributed by atoms with Gasteiger partial charge in [0.25, 0.3) is 0 Å². The van der Waals surface area contributed by atoms with Gasteiger partial charge in [-0.25, -0.2) is 4.79 Å². The normalized spacial score (nSPS) is 13.6. The van der Waals surface area contributed by atoms with E-state index in [9.17, 15) is 9.90 Å². The van der Waals surface area contributed by atoms with E-state index in [-0.39, 0.29) is 18.1 Å². The molecular formula is C14H17ClO4. The predicted octanol–water partition coefficient (Wildman–Crippen LogP) is 2.89. The summed E-state index contributed by atoms with van der Waals surface area (Å²) in [6, 6.07) is 6.86. The van der Waals surface area contributed by atoms with Crippen LogP contribution in [0.1, 0.15) is 19.8 Å². The molecule has 0 amide bonds. The number of carboxylic acids is 1. The minimum Gasteiger partial charge on any atom is -0.490 e. The topological polar surface area (TPSA) is 66.8 Å². The van der Waals surface area contributed by atoms with Gasteiger partial charge in [-0.2, -0.15) is 0 Å². The average Bonchev–Trinajstić information content (AvgIpc) is 2.39. The minimum absolute atomic E-state index is 0.185. The number of aliphatic carboxylic acids is 1. The Morgan fingerprint density at radius 2 is 2.00 bits per heavy atom. The van der Waals surface area contributed by atoms with E-state index in [1.54, 1.807) is 24.3 Å². The maximum Gasteiger partial charge on any atom is 0.333 e. The summed E-state index contributed by atoms with van der Waals surface area (Å²) < 4.78 is 5.67. The third-order valence-electron chi connectivity index (χ3n) is 2.73. The quantitative estimate of drug-likeness (QED) is 0.756. The third kappa shape index (κ3) is 4.93. The van der Waals surface area contributed by atoms with Gasteiger partial charge in [-0.1, -0.05) is 25.1 Å². The summed E-state index contributed by atoms with van der Waals surface area (Å²) in [6.07, 6.45) is -0.571. The lowest BCUT2D eigenvalue weighted by molar-refractivity contribution is -0.133. The molecule has 0 aromatic heterocycles. The Labute approximate surface area is 117 Å². The van der Waals surface area contributed by atoms with Crippen molar-refractivity contribution in [3.8, 4) is 5.75 Å². The van der Waals surface area contributed by atoms with Crippen LogP contribution in [0.5, 0.6) is 5.75 Å². The molecule has 0 saturated heterocycles. The molecule has 0 heterocycles. The van der Waals surface area contributed by atoms with Crippen LogP contribution in [0.2, 0.25) is 5.02 Å². The first-order chi connectivity index (χ1) is 8.93. The molecule has 0 aliphatic rings. The van der Waals surface area contributed by atoms with Gasteiger partial charge in [-0.05, 0) is 30.7 Å². The highest BCUT2D eigenvalue weighted by Gasteiger charge is 2.20. The molecular weight excluding hydrogens is 268 g/mol. The smallest absolute Gasteiger partial charge is 0.333 e. The molecule has 2 unspecified atom stereocenters. The molecule has 0 radical (unpaired) electrons. The van der Waals surface area contributed by atoms with Crippen LogP contribution in [0.25, 0.3) is 0 Å². The van der Waals surface area contributed by atoms with Gasteiger partial charge in [0, 0.05) is 11.4 Å². The Morgan fingerprint density at radius 1 is 1.42 bits per heavy atom. The lowest BCUT2D eigenvalue weighted by Gasteiger charge is -2.20. The van der Waals surface area contributed by atoms with Crippen LogP contribution in [0.3, 0.4) is 0 Å². The summed E-state index contributed by atoms with van der Waals surface area (Å²) in [5.41, 5.74) is -0.224. The minimum atomic E-state index is -1.20. The van der Waals surface area contributed by atoms with Gasteiger partial charge >= 0.3 is 5.97 Å². The first-order valence-corrected chi connectivity index (χ1v) is 6.34. The third-order valence-corrected chi connectivity index (χ3v) is 2.99. The number of carboxylic acid groups (broad SMARTS) is 1. The van der Waals surface area contributed by atoms with Crippen LogP contribution in [0.15, 0.2) is 36.4 Å². The van der Waals surface area contributed by atoms with E-state index in [4.69, 9.17) is 21.4 Å². The molecule has 5 heteroatoms. The first-order valence-electron chi connectivity index (χ1n) is 5.96. The molecule has 0 saturated carbocycles. The van der Waals surface area contributed by atoms with Crippen molar-refractivity contribution < 1.29 is 19.7 Å². The van der Waals surface area contributed by atoms with Crippen LogP contribution >= 0.6 is 11.6 Å². The number of hydrogen-bond donors (Lipinski definition) is 2. The Morgan fingerprint density at radius 3 is 2.47 bits per heavy atom. The van der Waals surface area contributed by atoms with Gasteiger partial charge in [0.05, 0.1) is 11.7 Å². The zero-order valence-corrected chi connectivity index (χ0v) is 11.4. The number of aliphatic hydroxyl groups excluding tert-OH is 1. The fourth-order valence-electron chi connectivity index (χ4n) is 1.54. The molecule has 0 aliphatic carbocycles. The fraction of sp³-hybridized carbons (Fsp3) is 0.357. The number of rotatable bonds is 7. The van der Waals surface area contributed by atoms with Gasteiger partial charge < -0.3 is 14.9 Å². The summed E-state index contributed by atoms with van der Waals surface area (Å²) >= 11 is 5.77. The second-order valence-electron chi connectivity index (χ2n) is 4.18. The van der Waals surface area contributed by atoms with Gasteiger partial charge in [-0.15, -0.1) is 0 Å². The molecule has 104 valence electrons. The Hall–Kier alpha value is -1.52. The summed E-state index contributed by atoms with van der Waals surface area (Å²) in [5.74, 6) is -0.571. The molecule has 0 aliphatic heterocycles. The second kappa shape index (κ2) is 7.16. The van der Waals surface area contributed by atoms with E-state index >= 15 is 0 Å². The Balaban J connectivity index is 2.61. The van der Waals surface area contributed by atoms with Crippen LogP contribution < -0.4 is 4.74 Å². The predicted molar refractivity (Wildman–Crippen MR) is 73.6 cm³/mol. The molecule has 1 aromatic rings. The molecule has 4 nitrogen and oxygen atoms in total. The SMILES string of the molecule is C=C(C(=O)O)C(O)CC(CC)Oc1ccc(Cl)cc1. The van der Waals surface area contributed by atoms with Crippen molar-refractivity contribution in [1.82, 2.24) is 0 Å². The number of benzene rings is 1.